The number of rotatable bonds is 2. The maximum Gasteiger partial charge on any atom is 0.0490 e. The van der Waals surface area contributed by atoms with Crippen molar-refractivity contribution in [3.63, 3.8) is 0 Å². The number of allylic oxidation sites excluding steroid dienone is 1. The second-order valence-corrected chi connectivity index (χ2v) is 3.37. The zero-order valence-corrected chi connectivity index (χ0v) is 8.51. The predicted molar refractivity (Wildman–Crippen MR) is 54.3 cm³/mol. The normalized spacial score (nSPS) is 17.8. The van der Waals surface area contributed by atoms with Gasteiger partial charge in [0, 0.05) is 13.7 Å². The van der Waals surface area contributed by atoms with Gasteiger partial charge in [-0.1, -0.05) is 25.3 Å². The molecule has 1 nitrogen and oxygen atoms in total. The highest BCUT2D eigenvalue weighted by atomic mass is 16.5. The molecule has 1 rings (SSSR count). The fraction of sp³-hybridized carbons (Fsp3) is 0.818. The summed E-state index contributed by atoms with van der Waals surface area (Å²) in [6, 6.07) is 0. The minimum absolute atomic E-state index is 0.878. The Labute approximate surface area is 76.8 Å². The van der Waals surface area contributed by atoms with E-state index in [0.717, 1.165) is 12.5 Å². The van der Waals surface area contributed by atoms with E-state index in [1.165, 1.54) is 32.1 Å². The van der Waals surface area contributed by atoms with Crippen LogP contribution in [0.25, 0.3) is 0 Å². The molecule has 1 aliphatic carbocycles. The smallest absolute Gasteiger partial charge is 0.0490 e. The van der Waals surface area contributed by atoms with Gasteiger partial charge in [-0.05, 0) is 25.7 Å². The first kappa shape index (κ1) is 11.7. The van der Waals surface area contributed by atoms with Gasteiger partial charge in [-0.3, -0.25) is 0 Å². The Morgan fingerprint density at radius 1 is 1.33 bits per heavy atom. The molecule has 0 aromatic rings. The third kappa shape index (κ3) is 6.41. The van der Waals surface area contributed by atoms with Gasteiger partial charge in [-0.25, -0.2) is 0 Å². The molecule has 0 amide bonds. The average molecular weight is 170 g/mol. The second kappa shape index (κ2) is 8.79. The first-order chi connectivity index (χ1) is 5.85. The lowest BCUT2D eigenvalue weighted by molar-refractivity contribution is 0.131. The molecule has 0 bridgehead atoms. The quantitative estimate of drug-likeness (QED) is 0.577. The molecule has 0 aromatic heterocycles. The molecule has 0 radical (unpaired) electrons. The van der Waals surface area contributed by atoms with Crippen molar-refractivity contribution < 1.29 is 4.74 Å². The van der Waals surface area contributed by atoms with E-state index >= 15 is 0 Å². The summed E-state index contributed by atoms with van der Waals surface area (Å²) in [5, 5.41) is 0. The van der Waals surface area contributed by atoms with Crippen LogP contribution in [-0.2, 0) is 4.74 Å². The summed E-state index contributed by atoms with van der Waals surface area (Å²) in [5.74, 6) is 0.878. The largest absolute Gasteiger partial charge is 0.384 e. The Bertz CT molecular complexity index is 90.4. The van der Waals surface area contributed by atoms with E-state index in [1.54, 1.807) is 13.2 Å². The molecule has 0 heterocycles. The lowest BCUT2D eigenvalue weighted by Gasteiger charge is -2.19. The van der Waals surface area contributed by atoms with Gasteiger partial charge in [-0.15, -0.1) is 6.58 Å². The van der Waals surface area contributed by atoms with Gasteiger partial charge >= 0.3 is 0 Å². The maximum absolute atomic E-state index is 5.08. The highest BCUT2D eigenvalue weighted by Crippen LogP contribution is 2.23. The molecule has 0 aliphatic heterocycles. The van der Waals surface area contributed by atoms with Gasteiger partial charge in [0.05, 0.1) is 0 Å². The fourth-order valence-electron chi connectivity index (χ4n) is 1.59. The monoisotopic (exact) mass is 170 g/mol. The molecule has 0 atom stereocenters. The first-order valence-corrected chi connectivity index (χ1v) is 4.91. The van der Waals surface area contributed by atoms with Crippen LogP contribution < -0.4 is 0 Å². The van der Waals surface area contributed by atoms with Crippen LogP contribution in [0.5, 0.6) is 0 Å². The lowest BCUT2D eigenvalue weighted by atomic mass is 9.90. The summed E-state index contributed by atoms with van der Waals surface area (Å²) in [7, 11) is 1.80. The minimum atomic E-state index is 0.878. The van der Waals surface area contributed by atoms with Gasteiger partial charge < -0.3 is 4.74 Å². The molecule has 72 valence electrons. The molecule has 0 unspecified atom stereocenters. The predicted octanol–water partition coefficient (Wildman–Crippen LogP) is 3.41. The van der Waals surface area contributed by atoms with Crippen LogP contribution in [0, 0.1) is 5.92 Å². The molecule has 12 heavy (non-hydrogen) atoms. The molecule has 0 aromatic carbocycles. The lowest BCUT2D eigenvalue weighted by Crippen LogP contribution is -2.11. The number of hydrogen-bond acceptors (Lipinski definition) is 1. The van der Waals surface area contributed by atoms with Crippen LogP contribution in [0.3, 0.4) is 0 Å². The van der Waals surface area contributed by atoms with Crippen LogP contribution in [0.4, 0.5) is 0 Å². The van der Waals surface area contributed by atoms with Crippen molar-refractivity contribution >= 4 is 0 Å². The van der Waals surface area contributed by atoms with Crippen molar-refractivity contribution in [1.82, 2.24) is 0 Å². The van der Waals surface area contributed by atoms with E-state index in [1.807, 2.05) is 6.92 Å². The molecular weight excluding hydrogens is 148 g/mol. The van der Waals surface area contributed by atoms with Gasteiger partial charge in [0.15, 0.2) is 0 Å². The van der Waals surface area contributed by atoms with E-state index in [-0.39, 0.29) is 0 Å². The third-order valence-electron chi connectivity index (χ3n) is 2.13. The molecule has 1 fully saturated rings. The third-order valence-corrected chi connectivity index (χ3v) is 2.13. The van der Waals surface area contributed by atoms with Gasteiger partial charge in [0.2, 0.25) is 0 Å². The van der Waals surface area contributed by atoms with Crippen LogP contribution in [-0.4, -0.2) is 13.7 Å². The average Bonchev–Trinajstić information content (AvgIpc) is 2.08. The topological polar surface area (TPSA) is 9.23 Å². The van der Waals surface area contributed by atoms with E-state index < -0.39 is 0 Å². The van der Waals surface area contributed by atoms with Crippen molar-refractivity contribution in [1.29, 1.82) is 0 Å². The van der Waals surface area contributed by atoms with Crippen LogP contribution >= 0.6 is 0 Å². The van der Waals surface area contributed by atoms with E-state index in [4.69, 9.17) is 4.74 Å². The van der Waals surface area contributed by atoms with E-state index in [2.05, 4.69) is 6.58 Å². The van der Waals surface area contributed by atoms with E-state index in [9.17, 15) is 0 Å². The standard InChI is InChI=1S/C8H16O.C3H6/c1-9-7-8-5-3-2-4-6-8;1-3-2/h8H,2-7H2,1H3;3H,1H2,2H3. The Balaban J connectivity index is 0.000000354. The maximum atomic E-state index is 5.08. The van der Waals surface area contributed by atoms with Crippen LogP contribution in [0.2, 0.25) is 0 Å². The highest BCUT2D eigenvalue weighted by Gasteiger charge is 2.11. The van der Waals surface area contributed by atoms with Crippen molar-refractivity contribution in [2.75, 3.05) is 13.7 Å². The summed E-state index contributed by atoms with van der Waals surface area (Å²) in [6.45, 7) is 6.24. The number of methoxy groups -OCH3 is 1. The zero-order valence-electron chi connectivity index (χ0n) is 8.51. The molecule has 0 N–H and O–H groups in total. The molecule has 1 heteroatoms. The van der Waals surface area contributed by atoms with Crippen molar-refractivity contribution in [3.8, 4) is 0 Å². The Morgan fingerprint density at radius 2 is 1.83 bits per heavy atom. The molecule has 1 saturated carbocycles. The Hall–Kier alpha value is -0.300. The minimum Gasteiger partial charge on any atom is -0.384 e. The zero-order chi connectivity index (χ0) is 9.23. The fourth-order valence-corrected chi connectivity index (χ4v) is 1.59. The molecular formula is C11H22O. The molecule has 1 aliphatic rings. The van der Waals surface area contributed by atoms with Crippen molar-refractivity contribution in [2.45, 2.75) is 39.0 Å². The SMILES string of the molecule is C=CC.COCC1CCCCC1. The van der Waals surface area contributed by atoms with Gasteiger partial charge in [0.1, 0.15) is 0 Å². The van der Waals surface area contributed by atoms with Crippen molar-refractivity contribution in [3.05, 3.63) is 12.7 Å². The summed E-state index contributed by atoms with van der Waals surface area (Å²) < 4.78 is 5.08. The summed E-state index contributed by atoms with van der Waals surface area (Å²) in [6.07, 6.45) is 8.84. The highest BCUT2D eigenvalue weighted by molar-refractivity contribution is 4.64. The van der Waals surface area contributed by atoms with E-state index in [0.29, 0.717) is 0 Å². The summed E-state index contributed by atoms with van der Waals surface area (Å²) in [5.41, 5.74) is 0. The van der Waals surface area contributed by atoms with Gasteiger partial charge in [-0.2, -0.15) is 0 Å². The van der Waals surface area contributed by atoms with Crippen LogP contribution in [0.1, 0.15) is 39.0 Å². The second-order valence-electron chi connectivity index (χ2n) is 3.37. The number of hydrogen-bond donors (Lipinski definition) is 0. The first-order valence-electron chi connectivity index (χ1n) is 4.91. The summed E-state index contributed by atoms with van der Waals surface area (Å²) >= 11 is 0. The Morgan fingerprint density at radius 3 is 2.25 bits per heavy atom. The Kier molecular flexibility index (Phi) is 8.57. The number of ether oxygens (including phenoxy) is 1. The molecule has 0 saturated heterocycles. The molecule has 0 spiro atoms. The van der Waals surface area contributed by atoms with Crippen molar-refractivity contribution in [2.24, 2.45) is 5.92 Å². The van der Waals surface area contributed by atoms with Gasteiger partial charge in [0.25, 0.3) is 0 Å². The van der Waals surface area contributed by atoms with Crippen LogP contribution in [0.15, 0.2) is 12.7 Å². The summed E-state index contributed by atoms with van der Waals surface area (Å²) in [4.78, 5) is 0.